The first kappa shape index (κ1) is 4.55. The lowest BCUT2D eigenvalue weighted by Crippen LogP contribution is -2.23. The molecule has 7 heavy (non-hydrogen) atoms. The van der Waals surface area contributed by atoms with Crippen molar-refractivity contribution in [3.63, 3.8) is 0 Å². The summed E-state index contributed by atoms with van der Waals surface area (Å²) in [5, 5.41) is 7.87. The summed E-state index contributed by atoms with van der Waals surface area (Å²) >= 11 is 0. The second-order valence-electron chi connectivity index (χ2n) is 1.30. The molecule has 0 aliphatic carbocycles. The Morgan fingerprint density at radius 1 is 2.00 bits per heavy atom. The first-order valence-electron chi connectivity index (χ1n) is 1.90. The average molecular weight is 103 g/mol. The Morgan fingerprint density at radius 3 is 2.71 bits per heavy atom. The van der Waals surface area contributed by atoms with Gasteiger partial charge in [0.05, 0.1) is 6.61 Å². The van der Waals surface area contributed by atoms with E-state index in [1.807, 2.05) is 0 Å². The zero-order valence-electron chi connectivity index (χ0n) is 3.55. The first-order chi connectivity index (χ1) is 3.34. The number of hydrogen-bond donors (Lipinski definition) is 2. The van der Waals surface area contributed by atoms with Gasteiger partial charge in [-0.3, -0.25) is 10.0 Å². The van der Waals surface area contributed by atoms with Gasteiger partial charge in [0.2, 0.25) is 0 Å². The third kappa shape index (κ3) is 0.880. The summed E-state index contributed by atoms with van der Waals surface area (Å²) in [4.78, 5) is 10.1. The average Bonchev–Trinajstić information content (AvgIpc) is 2.44. The van der Waals surface area contributed by atoms with Crippen LogP contribution in [-0.2, 0) is 9.53 Å². The lowest BCUT2D eigenvalue weighted by atomic mass is 10.5. The van der Waals surface area contributed by atoms with Gasteiger partial charge in [-0.05, 0) is 0 Å². The molecule has 0 aromatic carbocycles. The van der Waals surface area contributed by atoms with E-state index in [1.165, 1.54) is 5.48 Å². The van der Waals surface area contributed by atoms with Crippen molar-refractivity contribution in [1.82, 2.24) is 5.48 Å². The first-order valence-corrected chi connectivity index (χ1v) is 1.90. The molecule has 4 nitrogen and oxygen atoms in total. The minimum absolute atomic E-state index is 0.384. The Morgan fingerprint density at radius 2 is 2.57 bits per heavy atom. The van der Waals surface area contributed by atoms with Gasteiger partial charge in [0.25, 0.3) is 5.91 Å². The maximum Gasteiger partial charge on any atom is 0.274 e. The maximum absolute atomic E-state index is 10.1. The van der Waals surface area contributed by atoms with E-state index in [0.29, 0.717) is 6.61 Å². The zero-order valence-corrected chi connectivity index (χ0v) is 3.55. The molecule has 4 heteroatoms. The van der Waals surface area contributed by atoms with Crippen molar-refractivity contribution in [3.05, 3.63) is 0 Å². The number of rotatable bonds is 1. The Kier molecular flexibility index (Phi) is 0.958. The predicted molar refractivity (Wildman–Crippen MR) is 19.7 cm³/mol. The van der Waals surface area contributed by atoms with Gasteiger partial charge in [-0.15, -0.1) is 0 Å². The molecule has 0 aromatic rings. The molecule has 2 N–H and O–H groups in total. The lowest BCUT2D eigenvalue weighted by Gasteiger charge is -1.85. The number of carbonyl (C=O) groups excluding carboxylic acids is 1. The van der Waals surface area contributed by atoms with E-state index < -0.39 is 5.91 Å². The molecule has 40 valence electrons. The summed E-state index contributed by atoms with van der Waals surface area (Å²) in [6.45, 7) is 0.437. The smallest absolute Gasteiger partial charge is 0.274 e. The Balaban J connectivity index is 2.24. The van der Waals surface area contributed by atoms with Crippen LogP contribution in [0, 0.1) is 0 Å². The molecule has 0 spiro atoms. The van der Waals surface area contributed by atoms with E-state index in [2.05, 4.69) is 4.74 Å². The Labute approximate surface area is 40.0 Å². The van der Waals surface area contributed by atoms with Crippen molar-refractivity contribution < 1.29 is 14.7 Å². The molecule has 0 saturated carbocycles. The van der Waals surface area contributed by atoms with Gasteiger partial charge in [0, 0.05) is 0 Å². The van der Waals surface area contributed by atoms with Crippen molar-refractivity contribution in [3.8, 4) is 0 Å². The lowest BCUT2D eigenvalue weighted by molar-refractivity contribution is -0.130. The molecule has 0 aromatic heterocycles. The predicted octanol–water partition coefficient (Wildman–Crippen LogP) is -1.11. The SMILES string of the molecule is O=C(NO)C1CO1. The highest BCUT2D eigenvalue weighted by atomic mass is 16.6. The number of hydroxylamine groups is 1. The summed E-state index contributed by atoms with van der Waals surface area (Å²) in [7, 11) is 0. The second kappa shape index (κ2) is 1.48. The van der Waals surface area contributed by atoms with Gasteiger partial charge in [-0.2, -0.15) is 0 Å². The van der Waals surface area contributed by atoms with E-state index >= 15 is 0 Å². The van der Waals surface area contributed by atoms with Gasteiger partial charge in [-0.25, -0.2) is 5.48 Å². The van der Waals surface area contributed by atoms with Gasteiger partial charge in [-0.1, -0.05) is 0 Å². The number of hydrogen-bond acceptors (Lipinski definition) is 3. The topological polar surface area (TPSA) is 61.9 Å². The number of epoxide rings is 1. The highest BCUT2D eigenvalue weighted by molar-refractivity contribution is 5.81. The molecule has 0 bridgehead atoms. The molecule has 1 rings (SSSR count). The van der Waals surface area contributed by atoms with Gasteiger partial charge in [0.15, 0.2) is 6.10 Å². The molecule has 1 heterocycles. The summed E-state index contributed by atoms with van der Waals surface area (Å²) in [5.41, 5.74) is 1.46. The molecule has 1 aliphatic rings. The third-order valence-corrected chi connectivity index (χ3v) is 0.736. The normalized spacial score (nSPS) is 26.7. The highest BCUT2D eigenvalue weighted by Gasteiger charge is 2.30. The van der Waals surface area contributed by atoms with Crippen molar-refractivity contribution in [2.75, 3.05) is 6.61 Å². The van der Waals surface area contributed by atoms with Crippen LogP contribution in [0.2, 0.25) is 0 Å². The van der Waals surface area contributed by atoms with E-state index in [4.69, 9.17) is 5.21 Å². The molecular weight excluding hydrogens is 98.0 g/mol. The van der Waals surface area contributed by atoms with Crippen LogP contribution in [0.25, 0.3) is 0 Å². The summed E-state index contributed by atoms with van der Waals surface area (Å²) < 4.78 is 4.49. The van der Waals surface area contributed by atoms with E-state index in [9.17, 15) is 4.79 Å². The minimum atomic E-state index is -0.458. The molecule has 0 radical (unpaired) electrons. The van der Waals surface area contributed by atoms with E-state index in [-0.39, 0.29) is 6.10 Å². The van der Waals surface area contributed by atoms with Crippen molar-refractivity contribution in [2.45, 2.75) is 6.10 Å². The van der Waals surface area contributed by atoms with E-state index in [1.54, 1.807) is 0 Å². The zero-order chi connectivity index (χ0) is 5.28. The van der Waals surface area contributed by atoms with Crippen molar-refractivity contribution in [2.24, 2.45) is 0 Å². The fourth-order valence-electron chi connectivity index (χ4n) is 0.271. The van der Waals surface area contributed by atoms with Gasteiger partial charge in [0.1, 0.15) is 0 Å². The molecule has 1 atom stereocenters. The van der Waals surface area contributed by atoms with Crippen LogP contribution in [0.3, 0.4) is 0 Å². The van der Waals surface area contributed by atoms with Crippen LogP contribution in [0.1, 0.15) is 0 Å². The highest BCUT2D eigenvalue weighted by Crippen LogP contribution is 2.06. The van der Waals surface area contributed by atoms with Crippen LogP contribution in [0.15, 0.2) is 0 Å². The van der Waals surface area contributed by atoms with Crippen molar-refractivity contribution >= 4 is 5.91 Å². The fourth-order valence-corrected chi connectivity index (χ4v) is 0.271. The maximum atomic E-state index is 10.1. The number of amides is 1. The van der Waals surface area contributed by atoms with Crippen LogP contribution in [0.4, 0.5) is 0 Å². The Hall–Kier alpha value is -0.610. The summed E-state index contributed by atoms with van der Waals surface area (Å²) in [6.07, 6.45) is -0.384. The molecule has 1 unspecified atom stereocenters. The minimum Gasteiger partial charge on any atom is -0.363 e. The fraction of sp³-hybridized carbons (Fsp3) is 0.667. The Bertz CT molecular complexity index is 88.2. The van der Waals surface area contributed by atoms with Gasteiger partial charge >= 0.3 is 0 Å². The monoisotopic (exact) mass is 103 g/mol. The largest absolute Gasteiger partial charge is 0.363 e. The molecule has 1 amide bonds. The number of ether oxygens (including phenoxy) is 1. The van der Waals surface area contributed by atoms with Crippen LogP contribution in [0.5, 0.6) is 0 Å². The molecule has 1 saturated heterocycles. The molecule has 1 aliphatic heterocycles. The van der Waals surface area contributed by atoms with Crippen molar-refractivity contribution in [1.29, 1.82) is 0 Å². The summed E-state index contributed by atoms with van der Waals surface area (Å²) in [5.74, 6) is -0.458. The number of nitrogens with one attached hydrogen (secondary N) is 1. The molecule has 1 fully saturated rings. The standard InChI is InChI=1S/C3H5NO3/c5-3(4-6)2-1-7-2/h2,6H,1H2,(H,4,5). The second-order valence-corrected chi connectivity index (χ2v) is 1.30. The third-order valence-electron chi connectivity index (χ3n) is 0.736. The molecular formula is C3H5NO3. The van der Waals surface area contributed by atoms with Crippen LogP contribution < -0.4 is 5.48 Å². The van der Waals surface area contributed by atoms with Crippen LogP contribution >= 0.6 is 0 Å². The summed E-state index contributed by atoms with van der Waals surface area (Å²) in [6, 6.07) is 0. The van der Waals surface area contributed by atoms with Gasteiger partial charge < -0.3 is 4.74 Å². The van der Waals surface area contributed by atoms with Crippen LogP contribution in [-0.4, -0.2) is 23.8 Å². The van der Waals surface area contributed by atoms with E-state index in [0.717, 1.165) is 0 Å². The quantitative estimate of drug-likeness (QED) is 0.251. The number of carbonyl (C=O) groups is 1.